The zero-order valence-electron chi connectivity index (χ0n) is 10.8. The first-order valence-corrected chi connectivity index (χ1v) is 6.16. The summed E-state index contributed by atoms with van der Waals surface area (Å²) >= 11 is 0. The largest absolute Gasteiger partial charge is 0.478 e. The van der Waals surface area contributed by atoms with Gasteiger partial charge in [0, 0.05) is 38.4 Å². The van der Waals surface area contributed by atoms with Gasteiger partial charge in [-0.25, -0.2) is 4.79 Å². The molecule has 0 aliphatic carbocycles. The Labute approximate surface area is 111 Å². The summed E-state index contributed by atoms with van der Waals surface area (Å²) in [5.41, 5.74) is 2.47. The molecule has 100 valence electrons. The van der Waals surface area contributed by atoms with Crippen molar-refractivity contribution in [3.63, 3.8) is 0 Å². The number of aromatic carboxylic acids is 1. The Hall–Kier alpha value is -2.14. The lowest BCUT2D eigenvalue weighted by Crippen LogP contribution is -2.18. The fraction of sp³-hybridized carbons (Fsp3) is 0.286. The first-order chi connectivity index (χ1) is 9.16. The van der Waals surface area contributed by atoms with Gasteiger partial charge in [-0.05, 0) is 23.8 Å². The van der Waals surface area contributed by atoms with E-state index in [-0.39, 0.29) is 0 Å². The van der Waals surface area contributed by atoms with Gasteiger partial charge in [0.1, 0.15) is 0 Å². The van der Waals surface area contributed by atoms with Gasteiger partial charge in [-0.15, -0.1) is 0 Å². The van der Waals surface area contributed by atoms with Crippen molar-refractivity contribution in [2.75, 3.05) is 6.54 Å². The molecular formula is C14H17N3O2. The normalized spacial score (nSPS) is 10.6. The number of nitrogens with one attached hydrogen (secondary N) is 1. The van der Waals surface area contributed by atoms with Crippen molar-refractivity contribution in [1.29, 1.82) is 0 Å². The fourth-order valence-corrected chi connectivity index (χ4v) is 1.91. The zero-order valence-corrected chi connectivity index (χ0v) is 10.8. The Morgan fingerprint density at radius 3 is 2.95 bits per heavy atom. The Morgan fingerprint density at radius 2 is 2.26 bits per heavy atom. The van der Waals surface area contributed by atoms with Gasteiger partial charge in [0.2, 0.25) is 0 Å². The molecular weight excluding hydrogens is 242 g/mol. The summed E-state index contributed by atoms with van der Waals surface area (Å²) < 4.78 is 1.85. The zero-order chi connectivity index (χ0) is 13.7. The summed E-state index contributed by atoms with van der Waals surface area (Å²) in [5, 5.41) is 16.3. The minimum absolute atomic E-state index is 0.325. The van der Waals surface area contributed by atoms with Gasteiger partial charge in [0.05, 0.1) is 5.56 Å². The van der Waals surface area contributed by atoms with Crippen LogP contribution >= 0.6 is 0 Å². The average Bonchev–Trinajstić information content (AvgIpc) is 2.81. The van der Waals surface area contributed by atoms with Gasteiger partial charge in [-0.3, -0.25) is 4.68 Å². The van der Waals surface area contributed by atoms with E-state index >= 15 is 0 Å². The summed E-state index contributed by atoms with van der Waals surface area (Å²) in [5.74, 6) is -0.892. The van der Waals surface area contributed by atoms with Gasteiger partial charge in [-0.1, -0.05) is 12.1 Å². The number of aromatic nitrogens is 2. The number of hydrogen-bond donors (Lipinski definition) is 2. The third-order valence-corrected chi connectivity index (χ3v) is 2.98. The molecule has 0 fully saturated rings. The predicted octanol–water partition coefficient (Wildman–Crippen LogP) is 1.45. The first-order valence-electron chi connectivity index (χ1n) is 6.16. The number of hydrogen-bond acceptors (Lipinski definition) is 3. The van der Waals surface area contributed by atoms with Crippen LogP contribution in [0.15, 0.2) is 36.5 Å². The molecule has 0 amide bonds. The van der Waals surface area contributed by atoms with E-state index in [0.717, 1.165) is 18.5 Å². The second kappa shape index (κ2) is 6.15. The van der Waals surface area contributed by atoms with E-state index in [1.54, 1.807) is 24.4 Å². The topological polar surface area (TPSA) is 67.2 Å². The Bertz CT molecular complexity index is 563. The van der Waals surface area contributed by atoms with Crippen LogP contribution in [0.3, 0.4) is 0 Å². The maximum atomic E-state index is 10.8. The molecule has 5 heteroatoms. The van der Waals surface area contributed by atoms with Crippen molar-refractivity contribution < 1.29 is 9.90 Å². The Kier molecular flexibility index (Phi) is 4.30. The molecule has 0 saturated heterocycles. The second-order valence-corrected chi connectivity index (χ2v) is 4.38. The van der Waals surface area contributed by atoms with E-state index in [0.29, 0.717) is 12.1 Å². The molecule has 0 saturated carbocycles. The van der Waals surface area contributed by atoms with Crippen LogP contribution in [0.5, 0.6) is 0 Å². The molecule has 5 nitrogen and oxygen atoms in total. The standard InChI is InChI=1S/C14H17N3O2/c1-17-13(6-8-16-17)5-7-15-10-11-3-2-4-12(9-11)14(18)19/h2-4,6,8-9,15H,5,7,10H2,1H3,(H,18,19). The van der Waals surface area contributed by atoms with Crippen molar-refractivity contribution in [2.45, 2.75) is 13.0 Å². The second-order valence-electron chi connectivity index (χ2n) is 4.38. The van der Waals surface area contributed by atoms with Crippen molar-refractivity contribution in [1.82, 2.24) is 15.1 Å². The molecule has 0 unspecified atom stereocenters. The van der Waals surface area contributed by atoms with Crippen LogP contribution in [-0.4, -0.2) is 27.4 Å². The van der Waals surface area contributed by atoms with Crippen molar-refractivity contribution in [3.8, 4) is 0 Å². The summed E-state index contributed by atoms with van der Waals surface area (Å²) in [6.07, 6.45) is 2.68. The first kappa shape index (κ1) is 13.3. The lowest BCUT2D eigenvalue weighted by molar-refractivity contribution is 0.0696. The monoisotopic (exact) mass is 259 g/mol. The summed E-state index contributed by atoms with van der Waals surface area (Å²) in [7, 11) is 1.92. The number of carboxylic acid groups (broad SMARTS) is 1. The van der Waals surface area contributed by atoms with Crippen LogP contribution in [0.25, 0.3) is 0 Å². The summed E-state index contributed by atoms with van der Waals surface area (Å²) in [4.78, 5) is 10.8. The Balaban J connectivity index is 1.81. The average molecular weight is 259 g/mol. The van der Waals surface area contributed by atoms with Crippen LogP contribution in [0.4, 0.5) is 0 Å². The van der Waals surface area contributed by atoms with E-state index in [1.165, 1.54) is 5.69 Å². The van der Waals surface area contributed by atoms with E-state index in [2.05, 4.69) is 10.4 Å². The lowest BCUT2D eigenvalue weighted by Gasteiger charge is -2.06. The molecule has 1 heterocycles. The van der Waals surface area contributed by atoms with E-state index < -0.39 is 5.97 Å². The number of benzene rings is 1. The third kappa shape index (κ3) is 3.66. The van der Waals surface area contributed by atoms with Crippen molar-refractivity contribution in [3.05, 3.63) is 53.3 Å². The van der Waals surface area contributed by atoms with E-state index in [1.807, 2.05) is 23.9 Å². The van der Waals surface area contributed by atoms with Gasteiger partial charge >= 0.3 is 5.97 Å². The van der Waals surface area contributed by atoms with Crippen LogP contribution in [0.2, 0.25) is 0 Å². The molecule has 0 aliphatic rings. The molecule has 2 rings (SSSR count). The van der Waals surface area contributed by atoms with Crippen LogP contribution in [0, 0.1) is 0 Å². The molecule has 0 atom stereocenters. The van der Waals surface area contributed by atoms with E-state index in [9.17, 15) is 4.79 Å². The smallest absolute Gasteiger partial charge is 0.335 e. The highest BCUT2D eigenvalue weighted by Crippen LogP contribution is 2.05. The summed E-state index contributed by atoms with van der Waals surface area (Å²) in [6.45, 7) is 1.50. The Morgan fingerprint density at radius 1 is 1.42 bits per heavy atom. The maximum absolute atomic E-state index is 10.8. The number of carbonyl (C=O) groups is 1. The van der Waals surface area contributed by atoms with Gasteiger partial charge in [0.25, 0.3) is 0 Å². The third-order valence-electron chi connectivity index (χ3n) is 2.98. The van der Waals surface area contributed by atoms with Gasteiger partial charge in [0.15, 0.2) is 0 Å². The minimum Gasteiger partial charge on any atom is -0.478 e. The summed E-state index contributed by atoms with van der Waals surface area (Å²) in [6, 6.07) is 8.97. The molecule has 0 radical (unpaired) electrons. The molecule has 1 aromatic heterocycles. The number of aryl methyl sites for hydroxylation is 1. The number of nitrogens with zero attached hydrogens (tertiary/aromatic N) is 2. The highest BCUT2D eigenvalue weighted by atomic mass is 16.4. The quantitative estimate of drug-likeness (QED) is 0.771. The molecule has 1 aromatic carbocycles. The van der Waals surface area contributed by atoms with E-state index in [4.69, 9.17) is 5.11 Å². The van der Waals surface area contributed by atoms with Gasteiger partial charge < -0.3 is 10.4 Å². The number of rotatable bonds is 6. The molecule has 2 aromatic rings. The van der Waals surface area contributed by atoms with Crippen LogP contribution in [0.1, 0.15) is 21.6 Å². The van der Waals surface area contributed by atoms with Crippen LogP contribution < -0.4 is 5.32 Å². The highest BCUT2D eigenvalue weighted by Gasteiger charge is 2.03. The molecule has 0 bridgehead atoms. The maximum Gasteiger partial charge on any atom is 0.335 e. The minimum atomic E-state index is -0.892. The molecule has 0 aliphatic heterocycles. The lowest BCUT2D eigenvalue weighted by atomic mass is 10.1. The van der Waals surface area contributed by atoms with Crippen LogP contribution in [-0.2, 0) is 20.0 Å². The highest BCUT2D eigenvalue weighted by molar-refractivity contribution is 5.87. The van der Waals surface area contributed by atoms with Crippen molar-refractivity contribution in [2.24, 2.45) is 7.05 Å². The molecule has 0 spiro atoms. The fourth-order valence-electron chi connectivity index (χ4n) is 1.91. The molecule has 2 N–H and O–H groups in total. The SMILES string of the molecule is Cn1nccc1CCNCc1cccc(C(=O)O)c1. The predicted molar refractivity (Wildman–Crippen MR) is 72.0 cm³/mol. The van der Waals surface area contributed by atoms with Crippen molar-refractivity contribution >= 4 is 5.97 Å². The number of carboxylic acids is 1. The molecule has 19 heavy (non-hydrogen) atoms. The van der Waals surface area contributed by atoms with Gasteiger partial charge in [-0.2, -0.15) is 5.10 Å².